The monoisotopic (exact) mass is 398 g/mol. The van der Waals surface area contributed by atoms with E-state index in [1.807, 2.05) is 10.4 Å². The molecule has 0 aliphatic heterocycles. The lowest BCUT2D eigenvalue weighted by Crippen LogP contribution is -2.41. The zero-order valence-corrected chi connectivity index (χ0v) is 13.4. The van der Waals surface area contributed by atoms with Crippen LogP contribution in [-0.4, -0.2) is 85.6 Å². The molecule has 0 radical (unpaired) electrons. The predicted molar refractivity (Wildman–Crippen MR) is 76.3 cm³/mol. The number of aliphatic carboxylic acids is 4. The fraction of sp³-hybridized carbons (Fsp3) is 0.400. The predicted octanol–water partition coefficient (Wildman–Crippen LogP) is -2.63. The van der Waals surface area contributed by atoms with Crippen LogP contribution < -0.4 is 0 Å². The van der Waals surface area contributed by atoms with E-state index in [9.17, 15) is 29.4 Å². The number of carboxylic acid groups (broad SMARTS) is 4. The summed E-state index contributed by atoms with van der Waals surface area (Å²) >= 11 is 0. The van der Waals surface area contributed by atoms with Gasteiger partial charge in [0.15, 0.2) is 0 Å². The molecule has 0 aliphatic rings. The first-order chi connectivity index (χ1) is 13.1. The van der Waals surface area contributed by atoms with E-state index < -0.39 is 59.4 Å². The maximum absolute atomic E-state index is 11.8. The van der Waals surface area contributed by atoms with Gasteiger partial charge in [0.2, 0.25) is 11.6 Å². The van der Waals surface area contributed by atoms with E-state index >= 15 is 0 Å². The molecule has 0 aliphatic carbocycles. The van der Waals surface area contributed by atoms with Gasteiger partial charge < -0.3 is 20.4 Å². The zero-order valence-electron chi connectivity index (χ0n) is 13.4. The quantitative estimate of drug-likeness (QED) is 0.223. The second-order valence-electron chi connectivity index (χ2n) is 5.14. The van der Waals surface area contributed by atoms with Gasteiger partial charge in [-0.15, -0.1) is 20.4 Å². The summed E-state index contributed by atoms with van der Waals surface area (Å²) in [5, 5.41) is 67.4. The molecular formula is C10H10N10O8. The van der Waals surface area contributed by atoms with Gasteiger partial charge in [-0.25, -0.2) is 9.59 Å². The van der Waals surface area contributed by atoms with Gasteiger partial charge in [0.1, 0.15) is 0 Å². The molecule has 2 heterocycles. The molecule has 0 saturated carbocycles. The lowest BCUT2D eigenvalue weighted by Gasteiger charge is -2.22. The maximum Gasteiger partial charge on any atom is 0.342 e. The summed E-state index contributed by atoms with van der Waals surface area (Å²) in [5.74, 6) is -8.69. The largest absolute Gasteiger partial charge is 0.481 e. The van der Waals surface area contributed by atoms with E-state index in [0.717, 1.165) is 0 Å². The van der Waals surface area contributed by atoms with Crippen LogP contribution >= 0.6 is 0 Å². The van der Waals surface area contributed by atoms with Crippen LogP contribution in [0.15, 0.2) is 10.2 Å². The highest BCUT2D eigenvalue weighted by molar-refractivity contribution is 5.87. The highest BCUT2D eigenvalue weighted by atomic mass is 16.4. The minimum atomic E-state index is -2.82. The molecule has 0 saturated heterocycles. The smallest absolute Gasteiger partial charge is 0.342 e. The van der Waals surface area contributed by atoms with Gasteiger partial charge in [0.25, 0.3) is 11.1 Å². The molecule has 18 nitrogen and oxygen atoms in total. The lowest BCUT2D eigenvalue weighted by atomic mass is 9.94. The molecule has 2 aromatic rings. The first kappa shape index (κ1) is 19.9. The summed E-state index contributed by atoms with van der Waals surface area (Å²) in [6, 6.07) is 0. The standard InChI is InChI=1S/C10H10N10O8/c21-3(22)1-9(7(25)26,5-11-17-18-12-5)15-16-10(8(27)28,2-4(23)24)6-13-19-20-14-6/h1-2H2,(H,21,22)(H,23,24)(H,25,26)(H,27,28)(H,11,12,17,18)(H,13,14,19,20). The number of aromatic nitrogens is 8. The summed E-state index contributed by atoms with van der Waals surface area (Å²) in [7, 11) is 0. The van der Waals surface area contributed by atoms with Gasteiger partial charge in [-0.2, -0.15) is 20.7 Å². The van der Waals surface area contributed by atoms with E-state index in [4.69, 9.17) is 10.2 Å². The van der Waals surface area contributed by atoms with Crippen LogP contribution in [-0.2, 0) is 30.3 Å². The molecule has 28 heavy (non-hydrogen) atoms. The molecule has 2 unspecified atom stereocenters. The van der Waals surface area contributed by atoms with Crippen LogP contribution in [0.2, 0.25) is 0 Å². The Morgan fingerprint density at radius 3 is 1.32 bits per heavy atom. The Labute approximate surface area is 151 Å². The van der Waals surface area contributed by atoms with Crippen molar-refractivity contribution in [1.29, 1.82) is 0 Å². The van der Waals surface area contributed by atoms with Crippen molar-refractivity contribution in [3.63, 3.8) is 0 Å². The number of hydrogen-bond acceptors (Lipinski definition) is 12. The maximum atomic E-state index is 11.8. The van der Waals surface area contributed by atoms with Crippen molar-refractivity contribution in [2.24, 2.45) is 10.2 Å². The van der Waals surface area contributed by atoms with Crippen LogP contribution in [0.5, 0.6) is 0 Å². The third-order valence-electron chi connectivity index (χ3n) is 3.34. The SMILES string of the molecule is O=C(O)CC(N=NC(CC(=O)O)(C(=O)O)c1nn[nH]n1)(C(=O)O)c1nn[nH]n1. The number of azo groups is 1. The highest BCUT2D eigenvalue weighted by Crippen LogP contribution is 2.33. The molecule has 2 rings (SSSR count). The topological polar surface area (TPSA) is 283 Å². The molecule has 0 aromatic carbocycles. The van der Waals surface area contributed by atoms with Crippen molar-refractivity contribution < 1.29 is 39.6 Å². The number of rotatable bonds is 10. The normalized spacial score (nSPS) is 15.6. The Morgan fingerprint density at radius 1 is 0.750 bits per heavy atom. The van der Waals surface area contributed by atoms with Crippen molar-refractivity contribution in [3.8, 4) is 0 Å². The van der Waals surface area contributed by atoms with Gasteiger partial charge in [0, 0.05) is 0 Å². The summed E-state index contributed by atoms with van der Waals surface area (Å²) in [5.41, 5.74) is -5.64. The number of H-pyrrole nitrogens is 2. The van der Waals surface area contributed by atoms with E-state index in [2.05, 4.69) is 41.0 Å². The minimum Gasteiger partial charge on any atom is -0.481 e. The third-order valence-corrected chi connectivity index (χ3v) is 3.34. The van der Waals surface area contributed by atoms with Crippen molar-refractivity contribution in [2.75, 3.05) is 0 Å². The first-order valence-electron chi connectivity index (χ1n) is 6.96. The number of tetrazole rings is 2. The van der Waals surface area contributed by atoms with E-state index in [-0.39, 0.29) is 0 Å². The Bertz CT molecular complexity index is 837. The Kier molecular flexibility index (Phi) is 5.32. The van der Waals surface area contributed by atoms with Gasteiger partial charge in [-0.3, -0.25) is 9.59 Å². The zero-order chi connectivity index (χ0) is 20.9. The van der Waals surface area contributed by atoms with Crippen LogP contribution in [0, 0.1) is 0 Å². The molecule has 0 bridgehead atoms. The van der Waals surface area contributed by atoms with Crippen LogP contribution in [0.4, 0.5) is 0 Å². The van der Waals surface area contributed by atoms with Crippen molar-refractivity contribution in [3.05, 3.63) is 11.6 Å². The summed E-state index contributed by atoms with van der Waals surface area (Å²) < 4.78 is 0. The number of carbonyl (C=O) groups is 4. The summed E-state index contributed by atoms with van der Waals surface area (Å²) in [6.45, 7) is 0. The summed E-state index contributed by atoms with van der Waals surface area (Å²) in [6.07, 6.45) is -2.53. The van der Waals surface area contributed by atoms with Crippen molar-refractivity contribution in [2.45, 2.75) is 23.9 Å². The second-order valence-corrected chi connectivity index (χ2v) is 5.14. The molecule has 2 aromatic heterocycles. The number of nitrogens with one attached hydrogen (secondary N) is 2. The Morgan fingerprint density at radius 2 is 1.11 bits per heavy atom. The molecule has 0 fully saturated rings. The molecule has 2 atom stereocenters. The van der Waals surface area contributed by atoms with Crippen molar-refractivity contribution >= 4 is 23.9 Å². The Balaban J connectivity index is 2.70. The molecule has 0 spiro atoms. The molecule has 6 N–H and O–H groups in total. The summed E-state index contributed by atoms with van der Waals surface area (Å²) in [4.78, 5) is 46.0. The Hall–Kier alpha value is -4.38. The fourth-order valence-electron chi connectivity index (χ4n) is 2.03. The average Bonchev–Trinajstić information content (AvgIpc) is 3.29. The van der Waals surface area contributed by atoms with Crippen LogP contribution in [0.25, 0.3) is 0 Å². The fourth-order valence-corrected chi connectivity index (χ4v) is 2.03. The number of carboxylic acids is 4. The molecule has 18 heteroatoms. The van der Waals surface area contributed by atoms with E-state index in [0.29, 0.717) is 0 Å². The first-order valence-corrected chi connectivity index (χ1v) is 6.96. The minimum absolute atomic E-state index is 0.756. The van der Waals surface area contributed by atoms with Crippen LogP contribution in [0.1, 0.15) is 24.5 Å². The third kappa shape index (κ3) is 3.59. The van der Waals surface area contributed by atoms with Gasteiger partial charge >= 0.3 is 23.9 Å². The number of hydrogen-bond donors (Lipinski definition) is 6. The lowest BCUT2D eigenvalue weighted by molar-refractivity contribution is -0.152. The number of nitrogens with zero attached hydrogens (tertiary/aromatic N) is 8. The van der Waals surface area contributed by atoms with Gasteiger partial charge in [0.05, 0.1) is 12.8 Å². The van der Waals surface area contributed by atoms with Gasteiger partial charge in [-0.05, 0) is 0 Å². The number of aromatic amines is 2. The van der Waals surface area contributed by atoms with Crippen molar-refractivity contribution in [1.82, 2.24) is 41.2 Å². The molecular weight excluding hydrogens is 388 g/mol. The molecule has 0 amide bonds. The van der Waals surface area contributed by atoms with Gasteiger partial charge in [-0.1, -0.05) is 10.4 Å². The highest BCUT2D eigenvalue weighted by Gasteiger charge is 2.52. The molecule has 148 valence electrons. The average molecular weight is 398 g/mol. The second kappa shape index (κ2) is 7.47. The van der Waals surface area contributed by atoms with Crippen LogP contribution in [0.3, 0.4) is 0 Å². The van der Waals surface area contributed by atoms with E-state index in [1.54, 1.807) is 0 Å². The van der Waals surface area contributed by atoms with E-state index in [1.165, 1.54) is 0 Å².